The van der Waals surface area contributed by atoms with Gasteiger partial charge in [-0.1, -0.05) is 41.4 Å². The van der Waals surface area contributed by atoms with Crippen LogP contribution in [0.25, 0.3) is 0 Å². The van der Waals surface area contributed by atoms with Crippen LogP contribution in [0.4, 0.5) is 5.69 Å². The van der Waals surface area contributed by atoms with Gasteiger partial charge in [0.25, 0.3) is 0 Å². The molecule has 1 heterocycles. The summed E-state index contributed by atoms with van der Waals surface area (Å²) in [5, 5.41) is 0.848. The highest BCUT2D eigenvalue weighted by atomic mass is 79.9. The summed E-state index contributed by atoms with van der Waals surface area (Å²) in [5.41, 5.74) is 1.16. The lowest BCUT2D eigenvalue weighted by Gasteiger charge is -2.43. The third-order valence-corrected chi connectivity index (χ3v) is 3.91. The lowest BCUT2D eigenvalue weighted by Crippen LogP contribution is -2.49. The molecule has 1 aliphatic rings. The first-order valence-corrected chi connectivity index (χ1v) is 6.45. The molecule has 0 aromatic heterocycles. The third-order valence-electron chi connectivity index (χ3n) is 3.10. The summed E-state index contributed by atoms with van der Waals surface area (Å²) in [7, 11) is 0. The molecule has 0 radical (unpaired) electrons. The SMILES string of the molecule is CC(C)C1CN(c2cc(Br)ccc2Cl)C1. The van der Waals surface area contributed by atoms with Gasteiger partial charge < -0.3 is 4.90 Å². The van der Waals surface area contributed by atoms with Gasteiger partial charge in [0.1, 0.15) is 0 Å². The predicted octanol–water partition coefficient (Wildman–Crippen LogP) is 4.19. The van der Waals surface area contributed by atoms with Crippen LogP contribution in [0.2, 0.25) is 5.02 Å². The molecule has 0 amide bonds. The summed E-state index contributed by atoms with van der Waals surface area (Å²) in [6, 6.07) is 6.02. The first kappa shape index (κ1) is 11.3. The molecule has 1 aromatic carbocycles. The van der Waals surface area contributed by atoms with E-state index < -0.39 is 0 Å². The molecule has 1 aliphatic heterocycles. The Bertz CT molecular complexity index is 359. The number of hydrogen-bond acceptors (Lipinski definition) is 1. The van der Waals surface area contributed by atoms with Crippen LogP contribution in [-0.2, 0) is 0 Å². The fraction of sp³-hybridized carbons (Fsp3) is 0.500. The third kappa shape index (κ3) is 2.31. The normalized spacial score (nSPS) is 17.0. The van der Waals surface area contributed by atoms with Gasteiger partial charge >= 0.3 is 0 Å². The molecule has 0 unspecified atom stereocenters. The first-order valence-electron chi connectivity index (χ1n) is 5.28. The zero-order valence-corrected chi connectivity index (χ0v) is 11.3. The Balaban J connectivity index is 2.09. The first-order chi connectivity index (χ1) is 7.08. The van der Waals surface area contributed by atoms with Crippen molar-refractivity contribution in [3.63, 3.8) is 0 Å². The zero-order chi connectivity index (χ0) is 11.0. The maximum atomic E-state index is 6.17. The highest BCUT2D eigenvalue weighted by Crippen LogP contribution is 2.35. The van der Waals surface area contributed by atoms with Crippen molar-refractivity contribution in [2.75, 3.05) is 18.0 Å². The van der Waals surface area contributed by atoms with E-state index in [1.165, 1.54) is 0 Å². The zero-order valence-electron chi connectivity index (χ0n) is 9.00. The van der Waals surface area contributed by atoms with Crippen molar-refractivity contribution in [2.45, 2.75) is 13.8 Å². The van der Waals surface area contributed by atoms with Gasteiger partial charge in [-0.3, -0.25) is 0 Å². The summed E-state index contributed by atoms with van der Waals surface area (Å²) < 4.78 is 1.09. The highest BCUT2D eigenvalue weighted by molar-refractivity contribution is 9.10. The molecule has 0 spiro atoms. The molecule has 3 heteroatoms. The fourth-order valence-electron chi connectivity index (χ4n) is 1.86. The van der Waals surface area contributed by atoms with Gasteiger partial charge in [0.2, 0.25) is 0 Å². The van der Waals surface area contributed by atoms with E-state index in [1.807, 2.05) is 12.1 Å². The van der Waals surface area contributed by atoms with Crippen molar-refractivity contribution in [2.24, 2.45) is 11.8 Å². The number of halogens is 2. The van der Waals surface area contributed by atoms with Crippen LogP contribution in [-0.4, -0.2) is 13.1 Å². The minimum atomic E-state index is 0.771. The van der Waals surface area contributed by atoms with Crippen molar-refractivity contribution in [1.29, 1.82) is 0 Å². The molecule has 0 N–H and O–H groups in total. The van der Waals surface area contributed by atoms with E-state index in [2.05, 4.69) is 40.7 Å². The standard InChI is InChI=1S/C12H15BrClN/c1-8(2)9-6-15(7-9)12-5-10(13)3-4-11(12)14/h3-5,8-9H,6-7H2,1-2H3. The van der Waals surface area contributed by atoms with E-state index in [0.717, 1.165) is 40.1 Å². The van der Waals surface area contributed by atoms with Crippen molar-refractivity contribution in [3.05, 3.63) is 27.7 Å². The Hall–Kier alpha value is -0.210. The monoisotopic (exact) mass is 287 g/mol. The van der Waals surface area contributed by atoms with Gasteiger partial charge in [0.05, 0.1) is 10.7 Å². The number of anilines is 1. The topological polar surface area (TPSA) is 3.24 Å². The van der Waals surface area contributed by atoms with Crippen molar-refractivity contribution < 1.29 is 0 Å². The van der Waals surface area contributed by atoms with Gasteiger partial charge in [-0.15, -0.1) is 0 Å². The number of benzene rings is 1. The van der Waals surface area contributed by atoms with Gasteiger partial charge in [-0.25, -0.2) is 0 Å². The van der Waals surface area contributed by atoms with Crippen LogP contribution < -0.4 is 4.90 Å². The van der Waals surface area contributed by atoms with Gasteiger partial charge in [-0.05, 0) is 30.0 Å². The molecule has 0 saturated carbocycles. The van der Waals surface area contributed by atoms with E-state index in [-0.39, 0.29) is 0 Å². The summed E-state index contributed by atoms with van der Waals surface area (Å²) >= 11 is 9.65. The predicted molar refractivity (Wildman–Crippen MR) is 69.7 cm³/mol. The van der Waals surface area contributed by atoms with E-state index in [0.29, 0.717) is 0 Å². The lowest BCUT2D eigenvalue weighted by atomic mass is 9.88. The second kappa shape index (κ2) is 4.34. The van der Waals surface area contributed by atoms with Crippen LogP contribution in [0, 0.1) is 11.8 Å². The number of rotatable bonds is 2. The molecule has 1 aromatic rings. The number of nitrogens with zero attached hydrogens (tertiary/aromatic N) is 1. The van der Waals surface area contributed by atoms with Crippen LogP contribution in [0.1, 0.15) is 13.8 Å². The van der Waals surface area contributed by atoms with Crippen molar-refractivity contribution in [1.82, 2.24) is 0 Å². The Kier molecular flexibility index (Phi) is 3.27. The molecule has 0 aliphatic carbocycles. The minimum Gasteiger partial charge on any atom is -0.370 e. The van der Waals surface area contributed by atoms with E-state index >= 15 is 0 Å². The second-order valence-corrected chi connectivity index (χ2v) is 5.83. The summed E-state index contributed by atoms with van der Waals surface area (Å²) in [4.78, 5) is 2.35. The molecule has 2 rings (SSSR count). The van der Waals surface area contributed by atoms with E-state index in [4.69, 9.17) is 11.6 Å². The molecule has 15 heavy (non-hydrogen) atoms. The average molecular weight is 289 g/mol. The largest absolute Gasteiger partial charge is 0.370 e. The van der Waals surface area contributed by atoms with Gasteiger partial charge in [-0.2, -0.15) is 0 Å². The van der Waals surface area contributed by atoms with E-state index in [1.54, 1.807) is 0 Å². The molecule has 0 bridgehead atoms. The summed E-state index contributed by atoms with van der Waals surface area (Å²) in [5.74, 6) is 1.59. The highest BCUT2D eigenvalue weighted by Gasteiger charge is 2.30. The van der Waals surface area contributed by atoms with Crippen LogP contribution in [0.15, 0.2) is 22.7 Å². The summed E-state index contributed by atoms with van der Waals surface area (Å²) in [6.07, 6.45) is 0. The van der Waals surface area contributed by atoms with Gasteiger partial charge in [0, 0.05) is 17.6 Å². The van der Waals surface area contributed by atoms with Gasteiger partial charge in [0.15, 0.2) is 0 Å². The van der Waals surface area contributed by atoms with Crippen LogP contribution in [0.5, 0.6) is 0 Å². The van der Waals surface area contributed by atoms with Crippen LogP contribution >= 0.6 is 27.5 Å². The summed E-state index contributed by atoms with van der Waals surface area (Å²) in [6.45, 7) is 6.83. The Morgan fingerprint density at radius 1 is 1.40 bits per heavy atom. The Labute approximate surface area is 105 Å². The fourth-order valence-corrected chi connectivity index (χ4v) is 2.45. The molecule has 82 valence electrons. The lowest BCUT2D eigenvalue weighted by molar-refractivity contribution is 0.310. The minimum absolute atomic E-state index is 0.771. The molecule has 1 fully saturated rings. The molecule has 1 nitrogen and oxygen atoms in total. The van der Waals surface area contributed by atoms with E-state index in [9.17, 15) is 0 Å². The average Bonchev–Trinajstić information content (AvgIpc) is 2.08. The Morgan fingerprint density at radius 2 is 2.07 bits per heavy atom. The quantitative estimate of drug-likeness (QED) is 0.788. The van der Waals surface area contributed by atoms with Crippen molar-refractivity contribution in [3.8, 4) is 0 Å². The van der Waals surface area contributed by atoms with Crippen LogP contribution in [0.3, 0.4) is 0 Å². The second-order valence-electron chi connectivity index (χ2n) is 4.50. The molecule has 0 atom stereocenters. The Morgan fingerprint density at radius 3 is 2.67 bits per heavy atom. The smallest absolute Gasteiger partial charge is 0.0640 e. The maximum Gasteiger partial charge on any atom is 0.0640 e. The molecular weight excluding hydrogens is 273 g/mol. The molecular formula is C12H15BrClN. The maximum absolute atomic E-state index is 6.17. The molecule has 1 saturated heterocycles. The van der Waals surface area contributed by atoms with Crippen molar-refractivity contribution >= 4 is 33.2 Å². The number of hydrogen-bond donors (Lipinski definition) is 0.